The van der Waals surface area contributed by atoms with Crippen LogP contribution in [0.2, 0.25) is 0 Å². The van der Waals surface area contributed by atoms with Gasteiger partial charge in [-0.3, -0.25) is 4.98 Å². The summed E-state index contributed by atoms with van der Waals surface area (Å²) in [5.74, 6) is 0.787. The number of hydrogen-bond donors (Lipinski definition) is 1. The summed E-state index contributed by atoms with van der Waals surface area (Å²) in [5, 5.41) is 2.93. The second-order valence-electron chi connectivity index (χ2n) is 5.04. The predicted octanol–water partition coefficient (Wildman–Crippen LogP) is 2.89. The molecule has 1 heterocycles. The second kappa shape index (κ2) is 6.38. The molecule has 1 fully saturated rings. The molecule has 1 N–H and O–H groups in total. The van der Waals surface area contributed by atoms with E-state index < -0.39 is 0 Å². The van der Waals surface area contributed by atoms with Crippen molar-refractivity contribution in [3.8, 4) is 0 Å². The average Bonchev–Trinajstić information content (AvgIpc) is 2.40. The Bertz CT molecular complexity index is 373. The van der Waals surface area contributed by atoms with E-state index in [4.69, 9.17) is 4.74 Å². The van der Waals surface area contributed by atoms with Gasteiger partial charge in [0.25, 0.3) is 0 Å². The van der Waals surface area contributed by atoms with E-state index in [-0.39, 0.29) is 18.7 Å². The van der Waals surface area contributed by atoms with Gasteiger partial charge in [0.2, 0.25) is 0 Å². The number of amides is 1. The fourth-order valence-electron chi connectivity index (χ4n) is 2.25. The third-order valence-corrected chi connectivity index (χ3v) is 3.43. The van der Waals surface area contributed by atoms with Gasteiger partial charge < -0.3 is 10.1 Å². The van der Waals surface area contributed by atoms with E-state index in [1.165, 1.54) is 12.8 Å². The number of carbonyl (C=O) groups excluding carboxylic acids is 1. The molecule has 1 aromatic heterocycles. The smallest absolute Gasteiger partial charge is 0.407 e. The molecule has 4 heteroatoms. The summed E-state index contributed by atoms with van der Waals surface area (Å²) in [6.45, 7) is 2.54. The Morgan fingerprint density at radius 1 is 1.44 bits per heavy atom. The zero-order chi connectivity index (χ0) is 12.8. The van der Waals surface area contributed by atoms with E-state index in [1.807, 2.05) is 12.1 Å². The molecule has 4 nitrogen and oxygen atoms in total. The van der Waals surface area contributed by atoms with Crippen molar-refractivity contribution >= 4 is 6.09 Å². The van der Waals surface area contributed by atoms with E-state index in [0.717, 1.165) is 24.3 Å². The molecule has 0 atom stereocenters. The van der Waals surface area contributed by atoms with Gasteiger partial charge in [-0.05, 0) is 37.7 Å². The van der Waals surface area contributed by atoms with Crippen LogP contribution in [0.1, 0.15) is 38.2 Å². The fraction of sp³-hybridized carbons (Fsp3) is 0.571. The van der Waals surface area contributed by atoms with Crippen molar-refractivity contribution in [3.63, 3.8) is 0 Å². The van der Waals surface area contributed by atoms with Crippen molar-refractivity contribution in [1.29, 1.82) is 0 Å². The highest BCUT2D eigenvalue weighted by Crippen LogP contribution is 2.23. The van der Waals surface area contributed by atoms with E-state index in [2.05, 4.69) is 17.2 Å². The number of carbonyl (C=O) groups is 1. The van der Waals surface area contributed by atoms with E-state index in [1.54, 1.807) is 12.4 Å². The first-order chi connectivity index (χ1) is 8.74. The molecular weight excluding hydrogens is 228 g/mol. The van der Waals surface area contributed by atoms with Gasteiger partial charge in [-0.25, -0.2) is 4.79 Å². The molecular formula is C14H20N2O2. The normalized spacial score (nSPS) is 23.4. The van der Waals surface area contributed by atoms with Crippen LogP contribution < -0.4 is 5.32 Å². The van der Waals surface area contributed by atoms with Crippen LogP contribution >= 0.6 is 0 Å². The largest absolute Gasteiger partial charge is 0.445 e. The van der Waals surface area contributed by atoms with Gasteiger partial charge in [0.05, 0.1) is 0 Å². The first-order valence-electron chi connectivity index (χ1n) is 6.56. The highest BCUT2D eigenvalue weighted by molar-refractivity contribution is 5.67. The van der Waals surface area contributed by atoms with E-state index in [0.29, 0.717) is 0 Å². The Kier molecular flexibility index (Phi) is 4.56. The van der Waals surface area contributed by atoms with Gasteiger partial charge in [0, 0.05) is 24.0 Å². The summed E-state index contributed by atoms with van der Waals surface area (Å²) in [5.41, 5.74) is 0.907. The number of pyridine rings is 1. The molecule has 98 valence electrons. The minimum absolute atomic E-state index is 0.280. The third kappa shape index (κ3) is 4.02. The van der Waals surface area contributed by atoms with E-state index >= 15 is 0 Å². The predicted molar refractivity (Wildman–Crippen MR) is 69.0 cm³/mol. The Balaban J connectivity index is 1.69. The summed E-state index contributed by atoms with van der Waals surface area (Å²) >= 11 is 0. The maximum Gasteiger partial charge on any atom is 0.407 e. The molecule has 1 aliphatic rings. The minimum Gasteiger partial charge on any atom is -0.445 e. The molecule has 1 amide bonds. The van der Waals surface area contributed by atoms with Crippen molar-refractivity contribution in [2.24, 2.45) is 5.92 Å². The molecule has 2 rings (SSSR count). The summed E-state index contributed by atoms with van der Waals surface area (Å²) < 4.78 is 5.17. The zero-order valence-electron chi connectivity index (χ0n) is 10.8. The second-order valence-corrected chi connectivity index (χ2v) is 5.04. The Hall–Kier alpha value is -1.58. The van der Waals surface area contributed by atoms with Gasteiger partial charge in [-0.2, -0.15) is 0 Å². The van der Waals surface area contributed by atoms with Gasteiger partial charge in [-0.15, -0.1) is 0 Å². The number of hydrogen-bond acceptors (Lipinski definition) is 3. The quantitative estimate of drug-likeness (QED) is 0.894. The molecule has 0 radical (unpaired) electrons. The number of nitrogens with one attached hydrogen (secondary N) is 1. The van der Waals surface area contributed by atoms with Crippen molar-refractivity contribution in [2.45, 2.75) is 45.3 Å². The molecule has 0 spiro atoms. The summed E-state index contributed by atoms with van der Waals surface area (Å²) in [6.07, 6.45) is 7.58. The van der Waals surface area contributed by atoms with Crippen LogP contribution in [0.4, 0.5) is 4.79 Å². The number of nitrogens with zero attached hydrogens (tertiary/aromatic N) is 1. The number of alkyl carbamates (subject to hydrolysis) is 1. The molecule has 0 saturated heterocycles. The van der Waals surface area contributed by atoms with Crippen LogP contribution in [0.25, 0.3) is 0 Å². The molecule has 0 bridgehead atoms. The molecule has 1 saturated carbocycles. The Morgan fingerprint density at radius 2 is 2.22 bits per heavy atom. The first kappa shape index (κ1) is 12.9. The van der Waals surface area contributed by atoms with Gasteiger partial charge in [0.15, 0.2) is 0 Å². The van der Waals surface area contributed by atoms with Gasteiger partial charge in [0.1, 0.15) is 6.61 Å². The lowest BCUT2D eigenvalue weighted by Gasteiger charge is -2.26. The lowest BCUT2D eigenvalue weighted by molar-refractivity contribution is 0.131. The van der Waals surface area contributed by atoms with Crippen molar-refractivity contribution < 1.29 is 9.53 Å². The molecule has 0 aromatic carbocycles. The maximum atomic E-state index is 11.6. The third-order valence-electron chi connectivity index (χ3n) is 3.43. The average molecular weight is 248 g/mol. The SMILES string of the molecule is CC1CCC(NC(=O)OCc2cccnc2)CC1. The lowest BCUT2D eigenvalue weighted by Crippen LogP contribution is -2.37. The van der Waals surface area contributed by atoms with Crippen LogP contribution in [-0.2, 0) is 11.3 Å². The molecule has 1 aromatic rings. The van der Waals surface area contributed by atoms with Gasteiger partial charge >= 0.3 is 6.09 Å². The number of ether oxygens (including phenoxy) is 1. The summed E-state index contributed by atoms with van der Waals surface area (Å²) in [7, 11) is 0. The lowest BCUT2D eigenvalue weighted by atomic mass is 9.87. The molecule has 1 aliphatic carbocycles. The van der Waals surface area contributed by atoms with Crippen LogP contribution in [0, 0.1) is 5.92 Å². The van der Waals surface area contributed by atoms with Crippen LogP contribution in [0.5, 0.6) is 0 Å². The summed E-state index contributed by atoms with van der Waals surface area (Å²) in [6, 6.07) is 4.00. The highest BCUT2D eigenvalue weighted by atomic mass is 16.5. The topological polar surface area (TPSA) is 51.2 Å². The van der Waals surface area contributed by atoms with Crippen LogP contribution in [0.15, 0.2) is 24.5 Å². The van der Waals surface area contributed by atoms with Gasteiger partial charge in [-0.1, -0.05) is 13.0 Å². The monoisotopic (exact) mass is 248 g/mol. The Labute approximate surface area is 108 Å². The molecule has 0 unspecified atom stereocenters. The Morgan fingerprint density at radius 3 is 2.89 bits per heavy atom. The maximum absolute atomic E-state index is 11.6. The van der Waals surface area contributed by atoms with Crippen molar-refractivity contribution in [2.75, 3.05) is 0 Å². The first-order valence-corrected chi connectivity index (χ1v) is 6.56. The number of rotatable bonds is 3. The van der Waals surface area contributed by atoms with Crippen LogP contribution in [-0.4, -0.2) is 17.1 Å². The van der Waals surface area contributed by atoms with Crippen molar-refractivity contribution in [1.82, 2.24) is 10.3 Å². The van der Waals surface area contributed by atoms with Crippen LogP contribution in [0.3, 0.4) is 0 Å². The van der Waals surface area contributed by atoms with E-state index in [9.17, 15) is 4.79 Å². The standard InChI is InChI=1S/C14H20N2O2/c1-11-4-6-13(7-5-11)16-14(17)18-10-12-3-2-8-15-9-12/h2-3,8-9,11,13H,4-7,10H2,1H3,(H,16,17). The van der Waals surface area contributed by atoms with Crippen molar-refractivity contribution in [3.05, 3.63) is 30.1 Å². The number of aromatic nitrogens is 1. The fourth-order valence-corrected chi connectivity index (χ4v) is 2.25. The summed E-state index contributed by atoms with van der Waals surface area (Å²) in [4.78, 5) is 15.6. The zero-order valence-corrected chi connectivity index (χ0v) is 10.8. The highest BCUT2D eigenvalue weighted by Gasteiger charge is 2.20. The molecule has 0 aliphatic heterocycles. The minimum atomic E-state index is -0.321. The molecule has 18 heavy (non-hydrogen) atoms.